The van der Waals surface area contributed by atoms with Crippen LogP contribution >= 0.6 is 11.6 Å². The molecule has 0 amide bonds. The standard InChI is InChI=1S/C21H21ClFN5/c1-12-26-20-18(23)7-13(17-11-25-21-16(17)9-14(22)10-24-21)8-19(20)28(12)15-3-5-27(2)6-4-15/h7-11,15H,3-6H2,1-2H3,(H,24,25). The molecule has 5 rings (SSSR count). The fourth-order valence-corrected chi connectivity index (χ4v) is 4.51. The highest BCUT2D eigenvalue weighted by Gasteiger charge is 2.24. The van der Waals surface area contributed by atoms with E-state index in [1.807, 2.05) is 25.3 Å². The molecule has 0 atom stereocenters. The van der Waals surface area contributed by atoms with Crippen molar-refractivity contribution in [2.24, 2.45) is 0 Å². The molecular formula is C21H21ClFN5. The summed E-state index contributed by atoms with van der Waals surface area (Å²) in [6.07, 6.45) is 5.55. The van der Waals surface area contributed by atoms with E-state index in [0.717, 1.165) is 59.4 Å². The number of rotatable bonds is 2. The zero-order chi connectivity index (χ0) is 19.4. The summed E-state index contributed by atoms with van der Waals surface area (Å²) in [6, 6.07) is 5.80. The van der Waals surface area contributed by atoms with E-state index in [4.69, 9.17) is 11.6 Å². The number of imidazole rings is 1. The van der Waals surface area contributed by atoms with E-state index < -0.39 is 0 Å². The first-order chi connectivity index (χ1) is 13.5. The Morgan fingerprint density at radius 1 is 1.21 bits per heavy atom. The summed E-state index contributed by atoms with van der Waals surface area (Å²) in [5.74, 6) is 0.566. The number of aromatic nitrogens is 4. The molecule has 4 aromatic rings. The maximum absolute atomic E-state index is 15.0. The van der Waals surface area contributed by atoms with Crippen LogP contribution in [0.15, 0.2) is 30.6 Å². The second kappa shape index (κ2) is 6.57. The van der Waals surface area contributed by atoms with Crippen molar-refractivity contribution >= 4 is 33.7 Å². The van der Waals surface area contributed by atoms with Gasteiger partial charge < -0.3 is 14.5 Å². The van der Waals surface area contributed by atoms with Gasteiger partial charge in [0.15, 0.2) is 5.82 Å². The van der Waals surface area contributed by atoms with Gasteiger partial charge in [-0.3, -0.25) is 0 Å². The van der Waals surface area contributed by atoms with Crippen LogP contribution in [0.1, 0.15) is 24.7 Å². The fourth-order valence-electron chi connectivity index (χ4n) is 4.36. The molecule has 28 heavy (non-hydrogen) atoms. The molecule has 1 aromatic carbocycles. The molecule has 1 aliphatic heterocycles. The Hall–Kier alpha value is -2.44. The maximum atomic E-state index is 15.0. The number of benzene rings is 1. The highest BCUT2D eigenvalue weighted by molar-refractivity contribution is 6.31. The van der Waals surface area contributed by atoms with Crippen molar-refractivity contribution in [3.05, 3.63) is 47.3 Å². The number of aryl methyl sites for hydroxylation is 1. The number of likely N-dealkylation sites (tertiary alicyclic amines) is 1. The minimum atomic E-state index is -0.299. The van der Waals surface area contributed by atoms with E-state index in [1.165, 1.54) is 0 Å². The molecule has 1 aliphatic rings. The lowest BCUT2D eigenvalue weighted by molar-refractivity contribution is 0.222. The van der Waals surface area contributed by atoms with Crippen molar-refractivity contribution < 1.29 is 4.39 Å². The third kappa shape index (κ3) is 2.79. The van der Waals surface area contributed by atoms with Gasteiger partial charge in [0.1, 0.15) is 17.0 Å². The summed E-state index contributed by atoms with van der Waals surface area (Å²) in [4.78, 5) is 14.3. The quantitative estimate of drug-likeness (QED) is 0.520. The first kappa shape index (κ1) is 17.6. The van der Waals surface area contributed by atoms with Crippen molar-refractivity contribution in [2.45, 2.75) is 25.8 Å². The van der Waals surface area contributed by atoms with Crippen molar-refractivity contribution in [1.29, 1.82) is 0 Å². The van der Waals surface area contributed by atoms with Gasteiger partial charge in [0.2, 0.25) is 0 Å². The van der Waals surface area contributed by atoms with E-state index in [1.54, 1.807) is 12.3 Å². The first-order valence-electron chi connectivity index (χ1n) is 9.51. The molecule has 1 fully saturated rings. The zero-order valence-electron chi connectivity index (χ0n) is 15.8. The summed E-state index contributed by atoms with van der Waals surface area (Å²) >= 11 is 6.13. The Balaban J connectivity index is 1.69. The molecule has 3 aromatic heterocycles. The van der Waals surface area contributed by atoms with Gasteiger partial charge in [0.05, 0.1) is 10.5 Å². The van der Waals surface area contributed by atoms with Crippen molar-refractivity contribution in [3.63, 3.8) is 0 Å². The van der Waals surface area contributed by atoms with Crippen LogP contribution < -0.4 is 0 Å². The molecule has 0 bridgehead atoms. The monoisotopic (exact) mass is 397 g/mol. The van der Waals surface area contributed by atoms with Gasteiger partial charge in [-0.1, -0.05) is 11.6 Å². The van der Waals surface area contributed by atoms with Crippen LogP contribution in [0, 0.1) is 12.7 Å². The molecule has 0 saturated carbocycles. The van der Waals surface area contributed by atoms with Crippen molar-refractivity contribution in [3.8, 4) is 11.1 Å². The minimum Gasteiger partial charge on any atom is -0.346 e. The van der Waals surface area contributed by atoms with Crippen LogP contribution in [0.3, 0.4) is 0 Å². The summed E-state index contributed by atoms with van der Waals surface area (Å²) in [5.41, 5.74) is 3.72. The Morgan fingerprint density at radius 2 is 2.00 bits per heavy atom. The fraction of sp³-hybridized carbons (Fsp3) is 0.333. The van der Waals surface area contributed by atoms with Gasteiger partial charge in [-0.2, -0.15) is 0 Å². The second-order valence-corrected chi connectivity index (χ2v) is 8.08. The Morgan fingerprint density at radius 3 is 2.79 bits per heavy atom. The molecule has 5 nitrogen and oxygen atoms in total. The third-order valence-electron chi connectivity index (χ3n) is 5.79. The molecule has 1 saturated heterocycles. The van der Waals surface area contributed by atoms with Gasteiger partial charge in [-0.15, -0.1) is 0 Å². The number of hydrogen-bond donors (Lipinski definition) is 1. The van der Waals surface area contributed by atoms with Gasteiger partial charge >= 0.3 is 0 Å². The number of H-pyrrole nitrogens is 1. The molecule has 1 N–H and O–H groups in total. The van der Waals surface area contributed by atoms with Crippen molar-refractivity contribution in [1.82, 2.24) is 24.4 Å². The Labute approximate surface area is 167 Å². The van der Waals surface area contributed by atoms with E-state index in [0.29, 0.717) is 16.6 Å². The first-order valence-corrected chi connectivity index (χ1v) is 9.88. The van der Waals surface area contributed by atoms with Gasteiger partial charge in [0, 0.05) is 29.4 Å². The number of nitrogens with zero attached hydrogens (tertiary/aromatic N) is 4. The van der Waals surface area contributed by atoms with E-state index in [9.17, 15) is 0 Å². The third-order valence-corrected chi connectivity index (χ3v) is 5.99. The lowest BCUT2D eigenvalue weighted by atomic mass is 10.0. The summed E-state index contributed by atoms with van der Waals surface area (Å²) in [6.45, 7) is 4.05. The van der Waals surface area contributed by atoms with Crippen molar-refractivity contribution in [2.75, 3.05) is 20.1 Å². The maximum Gasteiger partial charge on any atom is 0.151 e. The Bertz CT molecular complexity index is 1190. The number of piperidine rings is 1. The molecule has 0 aliphatic carbocycles. The molecule has 0 radical (unpaired) electrons. The Kier molecular flexibility index (Phi) is 4.14. The number of pyridine rings is 1. The van der Waals surface area contributed by atoms with Crippen LogP contribution in [0.5, 0.6) is 0 Å². The molecule has 0 unspecified atom stereocenters. The SMILES string of the molecule is Cc1nc2c(F)cc(-c3c[nH]c4ncc(Cl)cc34)cc2n1C1CCN(C)CC1. The van der Waals surface area contributed by atoms with Crippen LogP contribution in [0.4, 0.5) is 4.39 Å². The van der Waals surface area contributed by atoms with Gasteiger partial charge in [-0.25, -0.2) is 14.4 Å². The number of fused-ring (bicyclic) bond motifs is 2. The van der Waals surface area contributed by atoms with Crippen LogP contribution in [0.25, 0.3) is 33.2 Å². The predicted octanol–water partition coefficient (Wildman–Crippen LogP) is 4.95. The number of nitrogens with one attached hydrogen (secondary N) is 1. The van der Waals surface area contributed by atoms with E-state index >= 15 is 4.39 Å². The summed E-state index contributed by atoms with van der Waals surface area (Å²) < 4.78 is 17.2. The number of halogens is 2. The lowest BCUT2D eigenvalue weighted by Gasteiger charge is -2.30. The van der Waals surface area contributed by atoms with Gasteiger partial charge in [-0.05, 0) is 63.7 Å². The van der Waals surface area contributed by atoms with Crippen LogP contribution in [-0.4, -0.2) is 44.6 Å². The summed E-state index contributed by atoms with van der Waals surface area (Å²) in [5, 5.41) is 1.44. The lowest BCUT2D eigenvalue weighted by Crippen LogP contribution is -2.31. The van der Waals surface area contributed by atoms with E-state index in [2.05, 4.69) is 31.5 Å². The smallest absolute Gasteiger partial charge is 0.151 e. The normalized spacial score (nSPS) is 16.4. The van der Waals surface area contributed by atoms with Crippen LogP contribution in [-0.2, 0) is 0 Å². The van der Waals surface area contributed by atoms with E-state index in [-0.39, 0.29) is 5.82 Å². The van der Waals surface area contributed by atoms with Gasteiger partial charge in [0.25, 0.3) is 0 Å². The average Bonchev–Trinajstić information content (AvgIpc) is 3.23. The molecule has 7 heteroatoms. The largest absolute Gasteiger partial charge is 0.346 e. The number of aromatic amines is 1. The van der Waals surface area contributed by atoms with Crippen LogP contribution in [0.2, 0.25) is 5.02 Å². The topological polar surface area (TPSA) is 49.7 Å². The molecule has 4 heterocycles. The molecule has 0 spiro atoms. The highest BCUT2D eigenvalue weighted by atomic mass is 35.5. The zero-order valence-corrected chi connectivity index (χ0v) is 16.6. The molecule has 144 valence electrons. The number of hydrogen-bond acceptors (Lipinski definition) is 3. The highest BCUT2D eigenvalue weighted by Crippen LogP contribution is 2.35. The predicted molar refractivity (Wildman–Crippen MR) is 110 cm³/mol. The second-order valence-electron chi connectivity index (χ2n) is 7.64. The summed E-state index contributed by atoms with van der Waals surface area (Å²) in [7, 11) is 2.14. The minimum absolute atomic E-state index is 0.299. The average molecular weight is 398 g/mol. The molecular weight excluding hydrogens is 377 g/mol.